The molecular weight excluding hydrogens is 268 g/mol. The Balaban J connectivity index is 2.03. The highest BCUT2D eigenvalue weighted by Crippen LogP contribution is 2.13. The fraction of sp³-hybridized carbons (Fsp3) is 0.583. The van der Waals surface area contributed by atoms with Gasteiger partial charge in [-0.3, -0.25) is 4.98 Å². The van der Waals surface area contributed by atoms with Crippen molar-refractivity contribution in [2.24, 2.45) is 0 Å². The lowest BCUT2D eigenvalue weighted by Gasteiger charge is -2.06. The summed E-state index contributed by atoms with van der Waals surface area (Å²) in [5, 5.41) is 3.30. The Morgan fingerprint density at radius 2 is 2.12 bits per heavy atom. The number of aromatic nitrogens is 1. The van der Waals surface area contributed by atoms with E-state index in [1.54, 1.807) is 6.20 Å². The first-order chi connectivity index (χ1) is 7.83. The molecule has 0 fully saturated rings. The maximum Gasteiger partial charge on any atom is 0.0538 e. The molecule has 0 saturated heterocycles. The summed E-state index contributed by atoms with van der Waals surface area (Å²) in [5.74, 6) is 0. The lowest BCUT2D eigenvalue weighted by atomic mass is 10.3. The topological polar surface area (TPSA) is 34.1 Å². The lowest BCUT2D eigenvalue weighted by Crippen LogP contribution is -2.06. The molecule has 1 N–H and O–H groups in total. The Morgan fingerprint density at radius 3 is 2.88 bits per heavy atom. The average molecular weight is 287 g/mol. The molecule has 1 heterocycles. The second-order valence-corrected chi connectivity index (χ2v) is 4.55. The van der Waals surface area contributed by atoms with Crippen LogP contribution in [0.4, 0.5) is 5.69 Å². The molecule has 0 aliphatic carbocycles. The number of halogens is 1. The van der Waals surface area contributed by atoms with Gasteiger partial charge in [-0.25, -0.2) is 0 Å². The molecule has 4 heteroatoms. The third-order valence-corrected chi connectivity index (χ3v) is 2.58. The van der Waals surface area contributed by atoms with Gasteiger partial charge in [0.2, 0.25) is 0 Å². The first-order valence-electron chi connectivity index (χ1n) is 5.75. The van der Waals surface area contributed by atoms with Gasteiger partial charge in [0.25, 0.3) is 0 Å². The van der Waals surface area contributed by atoms with Crippen LogP contribution in [0.3, 0.4) is 0 Å². The van der Waals surface area contributed by atoms with Crippen molar-refractivity contribution in [2.75, 3.05) is 25.1 Å². The molecule has 0 unspecified atom stereocenters. The van der Waals surface area contributed by atoms with Gasteiger partial charge in [-0.1, -0.05) is 13.3 Å². The molecule has 0 spiro atoms. The standard InChI is InChI=1S/C12H19BrN2O/c1-2-3-6-16-7-4-5-15-12-8-11(13)9-14-10-12/h8-10,15H,2-7H2,1H3. The SMILES string of the molecule is CCCCOCCCNc1cncc(Br)c1. The molecule has 0 amide bonds. The zero-order valence-electron chi connectivity index (χ0n) is 9.71. The lowest BCUT2D eigenvalue weighted by molar-refractivity contribution is 0.131. The van der Waals surface area contributed by atoms with E-state index in [1.807, 2.05) is 12.3 Å². The van der Waals surface area contributed by atoms with Crippen molar-refractivity contribution in [1.29, 1.82) is 0 Å². The summed E-state index contributed by atoms with van der Waals surface area (Å²) in [7, 11) is 0. The number of anilines is 1. The van der Waals surface area contributed by atoms with Crippen molar-refractivity contribution in [3.63, 3.8) is 0 Å². The van der Waals surface area contributed by atoms with Gasteiger partial charge in [-0.05, 0) is 34.8 Å². The fourth-order valence-electron chi connectivity index (χ4n) is 1.26. The number of pyridine rings is 1. The molecule has 1 aromatic rings. The minimum absolute atomic E-state index is 0.828. The molecule has 90 valence electrons. The van der Waals surface area contributed by atoms with Crippen LogP contribution in [0.5, 0.6) is 0 Å². The Morgan fingerprint density at radius 1 is 1.31 bits per heavy atom. The van der Waals surface area contributed by atoms with Gasteiger partial charge < -0.3 is 10.1 Å². The smallest absolute Gasteiger partial charge is 0.0538 e. The largest absolute Gasteiger partial charge is 0.384 e. The number of ether oxygens (including phenoxy) is 1. The van der Waals surface area contributed by atoms with Crippen molar-refractivity contribution in [3.05, 3.63) is 22.9 Å². The van der Waals surface area contributed by atoms with Crippen molar-refractivity contribution < 1.29 is 4.74 Å². The van der Waals surface area contributed by atoms with Crippen LogP contribution in [0.25, 0.3) is 0 Å². The normalized spacial score (nSPS) is 10.4. The predicted molar refractivity (Wildman–Crippen MR) is 70.8 cm³/mol. The second-order valence-electron chi connectivity index (χ2n) is 3.64. The van der Waals surface area contributed by atoms with Crippen LogP contribution in [-0.2, 0) is 4.74 Å². The van der Waals surface area contributed by atoms with Gasteiger partial charge in [-0.15, -0.1) is 0 Å². The quantitative estimate of drug-likeness (QED) is 0.743. The highest BCUT2D eigenvalue weighted by Gasteiger charge is 1.93. The van der Waals surface area contributed by atoms with Crippen LogP contribution in [0, 0.1) is 0 Å². The Kier molecular flexibility index (Phi) is 7.17. The zero-order valence-corrected chi connectivity index (χ0v) is 11.3. The number of nitrogens with zero attached hydrogens (tertiary/aromatic N) is 1. The second kappa shape index (κ2) is 8.53. The van der Waals surface area contributed by atoms with E-state index in [0.717, 1.165) is 42.8 Å². The molecule has 0 atom stereocenters. The maximum absolute atomic E-state index is 5.47. The predicted octanol–water partition coefficient (Wildman–Crippen LogP) is 3.46. The van der Waals surface area contributed by atoms with Crippen molar-refractivity contribution in [3.8, 4) is 0 Å². The molecule has 3 nitrogen and oxygen atoms in total. The average Bonchev–Trinajstić information content (AvgIpc) is 2.28. The zero-order chi connectivity index (χ0) is 11.6. The summed E-state index contributed by atoms with van der Waals surface area (Å²) < 4.78 is 6.47. The minimum atomic E-state index is 0.828. The van der Waals surface area contributed by atoms with Crippen LogP contribution < -0.4 is 5.32 Å². The van der Waals surface area contributed by atoms with Crippen molar-refractivity contribution >= 4 is 21.6 Å². The van der Waals surface area contributed by atoms with Gasteiger partial charge >= 0.3 is 0 Å². The summed E-state index contributed by atoms with van der Waals surface area (Å²) in [4.78, 5) is 4.08. The number of nitrogens with one attached hydrogen (secondary N) is 1. The molecule has 0 bridgehead atoms. The van der Waals surface area contributed by atoms with Crippen LogP contribution in [0.2, 0.25) is 0 Å². The van der Waals surface area contributed by atoms with Crippen LogP contribution in [-0.4, -0.2) is 24.7 Å². The van der Waals surface area contributed by atoms with E-state index < -0.39 is 0 Å². The molecular formula is C12H19BrN2O. The fourth-order valence-corrected chi connectivity index (χ4v) is 1.63. The summed E-state index contributed by atoms with van der Waals surface area (Å²) in [6.45, 7) is 4.80. The Labute approximate surface area is 106 Å². The third kappa shape index (κ3) is 6.08. The van der Waals surface area contributed by atoms with E-state index in [-0.39, 0.29) is 0 Å². The van der Waals surface area contributed by atoms with E-state index >= 15 is 0 Å². The van der Waals surface area contributed by atoms with Gasteiger partial charge in [0.15, 0.2) is 0 Å². The highest BCUT2D eigenvalue weighted by atomic mass is 79.9. The van der Waals surface area contributed by atoms with Gasteiger partial charge in [0.1, 0.15) is 0 Å². The van der Waals surface area contributed by atoms with Crippen molar-refractivity contribution in [1.82, 2.24) is 4.98 Å². The maximum atomic E-state index is 5.47. The molecule has 0 saturated carbocycles. The van der Waals surface area contributed by atoms with Crippen molar-refractivity contribution in [2.45, 2.75) is 26.2 Å². The summed E-state index contributed by atoms with van der Waals surface area (Å²) in [5.41, 5.74) is 1.04. The third-order valence-electron chi connectivity index (χ3n) is 2.14. The number of unbranched alkanes of at least 4 members (excludes halogenated alkanes) is 1. The minimum Gasteiger partial charge on any atom is -0.384 e. The van der Waals surface area contributed by atoms with E-state index in [1.165, 1.54) is 6.42 Å². The van der Waals surface area contributed by atoms with Crippen LogP contribution >= 0.6 is 15.9 Å². The molecule has 0 aliphatic rings. The Hall–Kier alpha value is -0.610. The van der Waals surface area contributed by atoms with E-state index in [4.69, 9.17) is 4.74 Å². The number of hydrogen-bond acceptors (Lipinski definition) is 3. The van der Waals surface area contributed by atoms with Gasteiger partial charge in [0, 0.05) is 30.4 Å². The molecule has 0 aliphatic heterocycles. The molecule has 1 rings (SSSR count). The highest BCUT2D eigenvalue weighted by molar-refractivity contribution is 9.10. The monoisotopic (exact) mass is 286 g/mol. The first kappa shape index (κ1) is 13.5. The molecule has 1 aromatic heterocycles. The number of hydrogen-bond donors (Lipinski definition) is 1. The van der Waals surface area contributed by atoms with E-state index in [2.05, 4.69) is 33.2 Å². The van der Waals surface area contributed by atoms with E-state index in [0.29, 0.717) is 0 Å². The first-order valence-corrected chi connectivity index (χ1v) is 6.54. The summed E-state index contributed by atoms with van der Waals surface area (Å²) in [6, 6.07) is 2.02. The van der Waals surface area contributed by atoms with Crippen LogP contribution in [0.1, 0.15) is 26.2 Å². The summed E-state index contributed by atoms with van der Waals surface area (Å²) >= 11 is 3.39. The van der Waals surface area contributed by atoms with Gasteiger partial charge in [0.05, 0.1) is 11.9 Å². The molecule has 0 radical (unpaired) electrons. The van der Waals surface area contributed by atoms with Gasteiger partial charge in [-0.2, -0.15) is 0 Å². The summed E-state index contributed by atoms with van der Waals surface area (Å²) in [6.07, 6.45) is 6.98. The van der Waals surface area contributed by atoms with Crippen LogP contribution in [0.15, 0.2) is 22.9 Å². The number of rotatable bonds is 8. The molecule has 0 aromatic carbocycles. The van der Waals surface area contributed by atoms with E-state index in [9.17, 15) is 0 Å². The molecule has 16 heavy (non-hydrogen) atoms. The Bertz CT molecular complexity index is 294.